The van der Waals surface area contributed by atoms with E-state index in [1.807, 2.05) is 0 Å². The fourth-order valence-corrected chi connectivity index (χ4v) is 0.926. The first-order chi connectivity index (χ1) is 5.15. The summed E-state index contributed by atoms with van der Waals surface area (Å²) in [6.45, 7) is 1.81. The van der Waals surface area contributed by atoms with Crippen molar-refractivity contribution < 1.29 is 9.59 Å². The Labute approximate surface area is 63.7 Å². The highest BCUT2D eigenvalue weighted by Crippen LogP contribution is 2.03. The molecule has 1 atom stereocenters. The molecule has 5 nitrogen and oxygen atoms in total. The number of rotatable bonds is 1. The highest BCUT2D eigenvalue weighted by Gasteiger charge is 2.26. The van der Waals surface area contributed by atoms with Crippen molar-refractivity contribution in [2.24, 2.45) is 16.6 Å². The molecule has 3 amide bonds. The lowest BCUT2D eigenvalue weighted by molar-refractivity contribution is -0.121. The highest BCUT2D eigenvalue weighted by molar-refractivity contribution is 6.15. The summed E-state index contributed by atoms with van der Waals surface area (Å²) in [6.07, 6.45) is 0. The van der Waals surface area contributed by atoms with Crippen molar-refractivity contribution in [3.8, 4) is 0 Å². The van der Waals surface area contributed by atoms with Gasteiger partial charge in [0.15, 0.2) is 0 Å². The van der Waals surface area contributed by atoms with Gasteiger partial charge in [0.25, 0.3) is 0 Å². The van der Waals surface area contributed by atoms with E-state index in [9.17, 15) is 9.59 Å². The summed E-state index contributed by atoms with van der Waals surface area (Å²) in [5, 5.41) is 2.07. The Kier molecular flexibility index (Phi) is 2.00. The number of aliphatic imine (C=N–C) groups is 1. The molecule has 0 spiro atoms. The molecule has 0 radical (unpaired) electrons. The molecule has 1 aliphatic heterocycles. The molecule has 1 heterocycles. The maximum absolute atomic E-state index is 11.0. The number of nitrogens with two attached hydrogens (primary N) is 1. The van der Waals surface area contributed by atoms with Gasteiger partial charge in [-0.15, -0.1) is 0 Å². The summed E-state index contributed by atoms with van der Waals surface area (Å²) in [5.74, 6) is -0.794. The molecule has 0 saturated heterocycles. The zero-order valence-corrected chi connectivity index (χ0v) is 6.13. The summed E-state index contributed by atoms with van der Waals surface area (Å²) in [7, 11) is 0. The van der Waals surface area contributed by atoms with E-state index in [1.165, 1.54) is 0 Å². The molecule has 60 valence electrons. The van der Waals surface area contributed by atoms with E-state index < -0.39 is 11.9 Å². The van der Waals surface area contributed by atoms with Crippen LogP contribution in [0.1, 0.15) is 6.92 Å². The van der Waals surface area contributed by atoms with Gasteiger partial charge >= 0.3 is 6.03 Å². The largest absolute Gasteiger partial charge is 0.347 e. The van der Waals surface area contributed by atoms with Gasteiger partial charge in [-0.1, -0.05) is 0 Å². The third kappa shape index (κ3) is 1.43. The Morgan fingerprint density at radius 2 is 2.27 bits per heavy atom. The number of amides is 3. The molecule has 0 bridgehead atoms. The van der Waals surface area contributed by atoms with Crippen molar-refractivity contribution in [1.82, 2.24) is 5.32 Å². The number of imide groups is 1. The third-order valence-electron chi connectivity index (χ3n) is 1.56. The fourth-order valence-electron chi connectivity index (χ4n) is 0.926. The maximum Gasteiger partial charge on any atom is 0.347 e. The van der Waals surface area contributed by atoms with E-state index in [-0.39, 0.29) is 12.5 Å². The van der Waals surface area contributed by atoms with Crippen LogP contribution in [0, 0.1) is 5.92 Å². The number of carbonyl (C=O) groups is 2. The minimum absolute atomic E-state index is 0.189. The van der Waals surface area contributed by atoms with Crippen molar-refractivity contribution in [2.45, 2.75) is 6.92 Å². The molecule has 0 aliphatic carbocycles. The van der Waals surface area contributed by atoms with E-state index in [1.54, 1.807) is 6.92 Å². The van der Waals surface area contributed by atoms with Crippen LogP contribution in [0.25, 0.3) is 0 Å². The summed E-state index contributed by atoms with van der Waals surface area (Å²) in [5.41, 5.74) is 5.76. The third-order valence-corrected chi connectivity index (χ3v) is 1.56. The van der Waals surface area contributed by atoms with Crippen LogP contribution >= 0.6 is 0 Å². The van der Waals surface area contributed by atoms with E-state index in [0.717, 1.165) is 0 Å². The monoisotopic (exact) mass is 155 g/mol. The second-order valence-corrected chi connectivity index (χ2v) is 2.34. The van der Waals surface area contributed by atoms with Crippen molar-refractivity contribution in [2.75, 3.05) is 6.54 Å². The molecule has 1 aliphatic rings. The molecule has 0 fully saturated rings. The summed E-state index contributed by atoms with van der Waals surface area (Å²) in [6, 6.07) is -0.600. The number of nitrogens with one attached hydrogen (secondary N) is 1. The van der Waals surface area contributed by atoms with Gasteiger partial charge in [-0.2, -0.15) is 0 Å². The van der Waals surface area contributed by atoms with Crippen LogP contribution < -0.4 is 11.1 Å². The Morgan fingerprint density at radius 3 is 2.73 bits per heavy atom. The zero-order chi connectivity index (χ0) is 8.43. The lowest BCUT2D eigenvalue weighted by atomic mass is 10.0. The van der Waals surface area contributed by atoms with Crippen LogP contribution in [0.15, 0.2) is 4.99 Å². The van der Waals surface area contributed by atoms with Crippen molar-refractivity contribution in [3.63, 3.8) is 0 Å². The molecule has 5 heteroatoms. The van der Waals surface area contributed by atoms with Crippen LogP contribution in [0.4, 0.5) is 4.79 Å². The zero-order valence-electron chi connectivity index (χ0n) is 6.13. The lowest BCUT2D eigenvalue weighted by Crippen LogP contribution is -2.45. The first kappa shape index (κ1) is 7.87. The topological polar surface area (TPSA) is 84.5 Å². The van der Waals surface area contributed by atoms with Crippen LogP contribution in [0.3, 0.4) is 0 Å². The van der Waals surface area contributed by atoms with Gasteiger partial charge in [-0.25, -0.2) is 9.79 Å². The van der Waals surface area contributed by atoms with Gasteiger partial charge in [0.2, 0.25) is 5.91 Å². The maximum atomic E-state index is 11.0. The molecule has 0 aromatic heterocycles. The van der Waals surface area contributed by atoms with Crippen LogP contribution in [-0.2, 0) is 4.79 Å². The van der Waals surface area contributed by atoms with Gasteiger partial charge < -0.3 is 5.73 Å². The molecular weight excluding hydrogens is 146 g/mol. The van der Waals surface area contributed by atoms with Gasteiger partial charge in [0.05, 0.1) is 5.92 Å². The van der Waals surface area contributed by atoms with Crippen LogP contribution in [0.2, 0.25) is 0 Å². The Morgan fingerprint density at radius 1 is 1.64 bits per heavy atom. The smallest absolute Gasteiger partial charge is 0.329 e. The van der Waals surface area contributed by atoms with Crippen molar-refractivity contribution >= 4 is 17.6 Å². The highest BCUT2D eigenvalue weighted by atomic mass is 16.2. The number of hydrogen-bond donors (Lipinski definition) is 2. The van der Waals surface area contributed by atoms with Crippen LogP contribution in [-0.4, -0.2) is 24.2 Å². The minimum atomic E-state index is -0.600. The SMILES string of the molecule is CC1=NC(=O)NC(=O)C1CN. The Hall–Kier alpha value is -1.23. The number of hydrogen-bond acceptors (Lipinski definition) is 3. The predicted octanol–water partition coefficient (Wildman–Crippen LogP) is -0.728. The first-order valence-electron chi connectivity index (χ1n) is 3.25. The van der Waals surface area contributed by atoms with Crippen molar-refractivity contribution in [3.05, 3.63) is 0 Å². The molecule has 0 saturated carbocycles. The Bertz CT molecular complexity index is 234. The molecule has 1 unspecified atom stereocenters. The minimum Gasteiger partial charge on any atom is -0.329 e. The average molecular weight is 155 g/mol. The standard InChI is InChI=1S/C6H9N3O2/c1-3-4(2-7)5(10)9-6(11)8-3/h4H,2,7H2,1H3,(H,9,10,11). The summed E-state index contributed by atoms with van der Waals surface area (Å²) >= 11 is 0. The van der Waals surface area contributed by atoms with E-state index >= 15 is 0 Å². The van der Waals surface area contributed by atoms with Crippen LogP contribution in [0.5, 0.6) is 0 Å². The van der Waals surface area contributed by atoms with E-state index in [2.05, 4.69) is 10.3 Å². The normalized spacial score (nSPS) is 24.5. The fraction of sp³-hybridized carbons (Fsp3) is 0.500. The lowest BCUT2D eigenvalue weighted by Gasteiger charge is -2.16. The Balaban J connectivity index is 2.88. The molecule has 11 heavy (non-hydrogen) atoms. The number of nitrogens with zero attached hydrogens (tertiary/aromatic N) is 1. The second-order valence-electron chi connectivity index (χ2n) is 2.34. The number of carbonyl (C=O) groups excluding carboxylic acids is 2. The average Bonchev–Trinajstić information content (AvgIpc) is 1.85. The predicted molar refractivity (Wildman–Crippen MR) is 39.2 cm³/mol. The van der Waals surface area contributed by atoms with Gasteiger partial charge in [-0.05, 0) is 6.92 Å². The summed E-state index contributed by atoms with van der Waals surface area (Å²) in [4.78, 5) is 25.1. The van der Waals surface area contributed by atoms with Gasteiger partial charge in [0, 0.05) is 12.3 Å². The van der Waals surface area contributed by atoms with E-state index in [4.69, 9.17) is 5.73 Å². The molecule has 0 aromatic rings. The second kappa shape index (κ2) is 2.79. The molecule has 3 N–H and O–H groups in total. The first-order valence-corrected chi connectivity index (χ1v) is 3.25. The molecular formula is C6H9N3O2. The molecule has 1 rings (SSSR count). The van der Waals surface area contributed by atoms with Crippen molar-refractivity contribution in [1.29, 1.82) is 0 Å². The van der Waals surface area contributed by atoms with Gasteiger partial charge in [0.1, 0.15) is 0 Å². The summed E-state index contributed by atoms with van der Waals surface area (Å²) < 4.78 is 0. The number of urea groups is 1. The van der Waals surface area contributed by atoms with Gasteiger partial charge in [-0.3, -0.25) is 10.1 Å². The quantitative estimate of drug-likeness (QED) is 0.523. The molecule has 0 aromatic carbocycles. The van der Waals surface area contributed by atoms with E-state index in [0.29, 0.717) is 5.71 Å².